The monoisotopic (exact) mass is 294 g/mol. The Labute approximate surface area is 125 Å². The highest BCUT2D eigenvalue weighted by atomic mass is 19.1. The number of fused-ring (bicyclic) bond motifs is 2. The Hall–Kier alpha value is -1.00. The molecule has 2 aliphatic rings. The average molecular weight is 294 g/mol. The van der Waals surface area contributed by atoms with Crippen LogP contribution in [-0.4, -0.2) is 30.1 Å². The Kier molecular flexibility index (Phi) is 4.27. The molecule has 0 aliphatic carbocycles. The summed E-state index contributed by atoms with van der Waals surface area (Å²) < 4.78 is 26.7. The fourth-order valence-corrected chi connectivity index (χ4v) is 4.03. The van der Waals surface area contributed by atoms with Crippen molar-refractivity contribution >= 4 is 0 Å². The highest BCUT2D eigenvalue weighted by Crippen LogP contribution is 2.33. The van der Waals surface area contributed by atoms with Crippen molar-refractivity contribution in [3.8, 4) is 0 Å². The van der Waals surface area contributed by atoms with Crippen LogP contribution in [0.25, 0.3) is 0 Å². The van der Waals surface area contributed by atoms with Crippen molar-refractivity contribution in [2.75, 3.05) is 7.05 Å². The molecule has 1 aromatic carbocycles. The first-order valence-electron chi connectivity index (χ1n) is 7.97. The number of piperidine rings is 2. The Morgan fingerprint density at radius 1 is 1.10 bits per heavy atom. The third-order valence-corrected chi connectivity index (χ3v) is 5.21. The van der Waals surface area contributed by atoms with Crippen LogP contribution in [-0.2, 0) is 0 Å². The molecule has 0 spiro atoms. The second kappa shape index (κ2) is 6.01. The molecule has 1 aromatic rings. The normalized spacial score (nSPS) is 31.1. The van der Waals surface area contributed by atoms with E-state index in [-0.39, 0.29) is 6.04 Å². The lowest BCUT2D eigenvalue weighted by atomic mass is 9.82. The molecule has 116 valence electrons. The molecule has 21 heavy (non-hydrogen) atoms. The number of rotatable bonds is 3. The standard InChI is InChI=1S/C17H24F2N2/c1-11(12-6-13(18)8-14(19)7-12)20-15-9-16-4-3-5-17(10-15)21(16)2/h6-8,11,15-17,20H,3-5,9-10H2,1-2H3. The van der Waals surface area contributed by atoms with Crippen molar-refractivity contribution in [3.05, 3.63) is 35.4 Å². The SMILES string of the molecule is CC(NC1CC2CCCC(C1)N2C)c1cc(F)cc(F)c1. The van der Waals surface area contributed by atoms with Crippen LogP contribution in [0.1, 0.15) is 50.6 Å². The third kappa shape index (κ3) is 3.27. The first-order valence-corrected chi connectivity index (χ1v) is 7.97. The summed E-state index contributed by atoms with van der Waals surface area (Å²) in [6.45, 7) is 1.99. The fourth-order valence-electron chi connectivity index (χ4n) is 4.03. The van der Waals surface area contributed by atoms with Gasteiger partial charge >= 0.3 is 0 Å². The minimum atomic E-state index is -0.501. The summed E-state index contributed by atoms with van der Waals surface area (Å²) in [5.41, 5.74) is 0.691. The molecule has 2 bridgehead atoms. The van der Waals surface area contributed by atoms with Gasteiger partial charge in [0.1, 0.15) is 11.6 Å². The van der Waals surface area contributed by atoms with Crippen LogP contribution in [0.5, 0.6) is 0 Å². The van der Waals surface area contributed by atoms with E-state index >= 15 is 0 Å². The maximum atomic E-state index is 13.3. The first-order chi connectivity index (χ1) is 10.0. The molecule has 2 heterocycles. The van der Waals surface area contributed by atoms with Gasteiger partial charge in [-0.05, 0) is 57.4 Å². The molecule has 0 radical (unpaired) electrons. The lowest BCUT2D eigenvalue weighted by Gasteiger charge is -2.47. The predicted molar refractivity (Wildman–Crippen MR) is 80.1 cm³/mol. The van der Waals surface area contributed by atoms with E-state index in [1.165, 1.54) is 31.4 Å². The quantitative estimate of drug-likeness (QED) is 0.916. The Bertz CT molecular complexity index is 471. The molecule has 3 atom stereocenters. The summed E-state index contributed by atoms with van der Waals surface area (Å²) >= 11 is 0. The van der Waals surface area contributed by atoms with Gasteiger partial charge in [-0.25, -0.2) is 8.78 Å². The van der Waals surface area contributed by atoms with Crippen molar-refractivity contribution in [1.82, 2.24) is 10.2 Å². The van der Waals surface area contributed by atoms with Crippen molar-refractivity contribution in [2.24, 2.45) is 0 Å². The molecule has 3 unspecified atom stereocenters. The Balaban J connectivity index is 1.66. The zero-order valence-corrected chi connectivity index (χ0v) is 12.8. The van der Waals surface area contributed by atoms with Gasteiger partial charge in [0, 0.05) is 30.2 Å². The molecule has 2 fully saturated rings. The van der Waals surface area contributed by atoms with E-state index in [4.69, 9.17) is 0 Å². The third-order valence-electron chi connectivity index (χ3n) is 5.21. The van der Waals surface area contributed by atoms with E-state index in [1.807, 2.05) is 6.92 Å². The molecule has 2 saturated heterocycles. The summed E-state index contributed by atoms with van der Waals surface area (Å²) in [5.74, 6) is -1.00. The lowest BCUT2D eigenvalue weighted by Crippen LogP contribution is -2.54. The summed E-state index contributed by atoms with van der Waals surface area (Å²) in [5, 5.41) is 3.58. The van der Waals surface area contributed by atoms with Crippen molar-refractivity contribution in [2.45, 2.75) is 63.2 Å². The van der Waals surface area contributed by atoms with Gasteiger partial charge in [-0.3, -0.25) is 0 Å². The van der Waals surface area contributed by atoms with E-state index in [2.05, 4.69) is 17.3 Å². The zero-order chi connectivity index (χ0) is 15.0. The number of hydrogen-bond donors (Lipinski definition) is 1. The molecule has 4 heteroatoms. The molecular weight excluding hydrogens is 270 g/mol. The Morgan fingerprint density at radius 2 is 1.67 bits per heavy atom. The van der Waals surface area contributed by atoms with Gasteiger partial charge in [-0.1, -0.05) is 6.42 Å². The van der Waals surface area contributed by atoms with Crippen LogP contribution in [0.3, 0.4) is 0 Å². The molecule has 0 amide bonds. The van der Waals surface area contributed by atoms with Crippen molar-refractivity contribution < 1.29 is 8.78 Å². The average Bonchev–Trinajstić information content (AvgIpc) is 2.38. The minimum Gasteiger partial charge on any atom is -0.307 e. The molecular formula is C17H24F2N2. The van der Waals surface area contributed by atoms with Crippen LogP contribution in [0, 0.1) is 11.6 Å². The number of nitrogens with zero attached hydrogens (tertiary/aromatic N) is 1. The topological polar surface area (TPSA) is 15.3 Å². The molecule has 3 rings (SSSR count). The van der Waals surface area contributed by atoms with Gasteiger partial charge in [0.25, 0.3) is 0 Å². The van der Waals surface area contributed by atoms with Gasteiger partial charge in [-0.2, -0.15) is 0 Å². The predicted octanol–water partition coefficient (Wildman–Crippen LogP) is 3.63. The van der Waals surface area contributed by atoms with Gasteiger partial charge in [0.2, 0.25) is 0 Å². The van der Waals surface area contributed by atoms with Crippen molar-refractivity contribution in [3.63, 3.8) is 0 Å². The number of hydrogen-bond acceptors (Lipinski definition) is 2. The number of halogens is 2. The second-order valence-corrected chi connectivity index (χ2v) is 6.66. The van der Waals surface area contributed by atoms with Crippen LogP contribution in [0.4, 0.5) is 8.78 Å². The van der Waals surface area contributed by atoms with Crippen LogP contribution < -0.4 is 5.32 Å². The van der Waals surface area contributed by atoms with Crippen molar-refractivity contribution in [1.29, 1.82) is 0 Å². The lowest BCUT2D eigenvalue weighted by molar-refractivity contribution is 0.0462. The van der Waals surface area contributed by atoms with Gasteiger partial charge in [-0.15, -0.1) is 0 Å². The van der Waals surface area contributed by atoms with E-state index in [1.54, 1.807) is 0 Å². The smallest absolute Gasteiger partial charge is 0.126 e. The maximum absolute atomic E-state index is 13.3. The van der Waals surface area contributed by atoms with Crippen LogP contribution in [0.15, 0.2) is 18.2 Å². The van der Waals surface area contributed by atoms with E-state index in [0.717, 1.165) is 18.9 Å². The molecule has 2 nitrogen and oxygen atoms in total. The summed E-state index contributed by atoms with van der Waals surface area (Å²) in [4.78, 5) is 2.52. The molecule has 1 N–H and O–H groups in total. The van der Waals surface area contributed by atoms with E-state index in [9.17, 15) is 8.78 Å². The van der Waals surface area contributed by atoms with E-state index < -0.39 is 11.6 Å². The molecule has 2 aliphatic heterocycles. The summed E-state index contributed by atoms with van der Waals surface area (Å²) in [6, 6.07) is 5.52. The highest BCUT2D eigenvalue weighted by molar-refractivity contribution is 5.21. The largest absolute Gasteiger partial charge is 0.307 e. The van der Waals surface area contributed by atoms with Crippen LogP contribution >= 0.6 is 0 Å². The number of nitrogens with one attached hydrogen (secondary N) is 1. The van der Waals surface area contributed by atoms with Gasteiger partial charge in [0.05, 0.1) is 0 Å². The fraction of sp³-hybridized carbons (Fsp3) is 0.647. The maximum Gasteiger partial charge on any atom is 0.126 e. The first kappa shape index (κ1) is 14.9. The van der Waals surface area contributed by atoms with Crippen LogP contribution in [0.2, 0.25) is 0 Å². The second-order valence-electron chi connectivity index (χ2n) is 6.66. The minimum absolute atomic E-state index is 0.0238. The Morgan fingerprint density at radius 3 is 2.24 bits per heavy atom. The summed E-state index contributed by atoms with van der Waals surface area (Å²) in [7, 11) is 2.23. The zero-order valence-electron chi connectivity index (χ0n) is 12.8. The molecule has 0 aromatic heterocycles. The van der Waals surface area contributed by atoms with E-state index in [0.29, 0.717) is 23.7 Å². The summed E-state index contributed by atoms with van der Waals surface area (Å²) in [6.07, 6.45) is 6.14. The van der Waals surface area contributed by atoms with Gasteiger partial charge in [0.15, 0.2) is 0 Å². The van der Waals surface area contributed by atoms with Gasteiger partial charge < -0.3 is 10.2 Å². The number of benzene rings is 1. The molecule has 0 saturated carbocycles. The highest BCUT2D eigenvalue weighted by Gasteiger charge is 2.36.